The van der Waals surface area contributed by atoms with Crippen molar-refractivity contribution in [3.05, 3.63) is 88.3 Å². The molecule has 2 aliphatic heterocycles. The fourth-order valence-corrected chi connectivity index (χ4v) is 6.00. The van der Waals surface area contributed by atoms with Crippen LogP contribution in [0.2, 0.25) is 0 Å². The van der Waals surface area contributed by atoms with Crippen molar-refractivity contribution in [2.75, 3.05) is 19.7 Å². The van der Waals surface area contributed by atoms with Gasteiger partial charge in [0.2, 0.25) is 34.8 Å². The highest BCUT2D eigenvalue weighted by atomic mass is 32.2. The van der Waals surface area contributed by atoms with Gasteiger partial charge < -0.3 is 23.3 Å². The molecule has 0 radical (unpaired) electrons. The molecule has 49 heavy (non-hydrogen) atoms. The highest BCUT2D eigenvalue weighted by molar-refractivity contribution is 7.87. The van der Waals surface area contributed by atoms with E-state index in [1.54, 1.807) is 26.8 Å². The van der Waals surface area contributed by atoms with Crippen molar-refractivity contribution in [1.29, 1.82) is 0 Å². The van der Waals surface area contributed by atoms with Gasteiger partial charge in [0.25, 0.3) is 0 Å². The molecule has 0 aromatic heterocycles. The number of alkyl halides is 3. The van der Waals surface area contributed by atoms with E-state index in [0.29, 0.717) is 5.57 Å². The third kappa shape index (κ3) is 7.55. The van der Waals surface area contributed by atoms with E-state index in [1.807, 2.05) is 0 Å². The Morgan fingerprint density at radius 3 is 2.16 bits per heavy atom. The lowest BCUT2D eigenvalue weighted by molar-refractivity contribution is -0.137. The summed E-state index contributed by atoms with van der Waals surface area (Å²) in [4.78, 5) is 13.1. The summed E-state index contributed by atoms with van der Waals surface area (Å²) in [6.07, 6.45) is -4.24. The van der Waals surface area contributed by atoms with Crippen LogP contribution >= 0.6 is 0 Å². The maximum absolute atomic E-state index is 14.1. The molecule has 2 aliphatic rings. The highest BCUT2D eigenvalue weighted by Gasteiger charge is 2.35. The second-order valence-corrected chi connectivity index (χ2v) is 13.5. The average Bonchev–Trinajstić information content (AvgIpc) is 3.03. The van der Waals surface area contributed by atoms with Crippen molar-refractivity contribution in [3.8, 4) is 17.2 Å². The van der Waals surface area contributed by atoms with Crippen LogP contribution in [-0.4, -0.2) is 44.7 Å². The number of benzene rings is 3. The summed E-state index contributed by atoms with van der Waals surface area (Å²) < 4.78 is 157. The fourth-order valence-electron chi connectivity index (χ4n) is 5.05. The van der Waals surface area contributed by atoms with E-state index >= 15 is 0 Å². The zero-order chi connectivity index (χ0) is 36.1. The monoisotopic (exact) mass is 721 g/mol. The predicted molar refractivity (Wildman–Crippen MR) is 156 cm³/mol. The topological polar surface area (TPSA) is 91.4 Å². The number of carbonyl (C=O) groups excluding carboxylic acids is 1. The van der Waals surface area contributed by atoms with E-state index in [9.17, 15) is 48.3 Å². The van der Waals surface area contributed by atoms with Gasteiger partial charge in [-0.25, -0.2) is 18.0 Å². The normalized spacial score (nSPS) is 16.8. The summed E-state index contributed by atoms with van der Waals surface area (Å²) in [5.74, 6) is -14.4. The maximum Gasteiger partial charge on any atom is 0.416 e. The Bertz CT molecular complexity index is 1910. The van der Waals surface area contributed by atoms with Crippen LogP contribution in [0.1, 0.15) is 56.4 Å². The molecular weight excluding hydrogens is 694 g/mol. The van der Waals surface area contributed by atoms with Crippen LogP contribution in [0, 0.1) is 29.1 Å². The summed E-state index contributed by atoms with van der Waals surface area (Å²) in [7, 11) is -5.18. The summed E-state index contributed by atoms with van der Waals surface area (Å²) in [6, 6.07) is 5.89. The maximum atomic E-state index is 14.1. The molecule has 0 saturated heterocycles. The number of halogens is 8. The van der Waals surface area contributed by atoms with Gasteiger partial charge in [0, 0.05) is 36.7 Å². The Morgan fingerprint density at radius 1 is 0.918 bits per heavy atom. The molecule has 1 atom stereocenters. The molecule has 0 fully saturated rings. The van der Waals surface area contributed by atoms with Crippen LogP contribution < -0.4 is 13.7 Å². The van der Waals surface area contributed by atoms with Crippen LogP contribution in [0.5, 0.6) is 17.2 Å². The number of nitrogens with zero attached hydrogens (tertiary/aromatic N) is 1. The first kappa shape index (κ1) is 35.8. The largest absolute Gasteiger partial charge is 0.493 e. The van der Waals surface area contributed by atoms with E-state index in [4.69, 9.17) is 14.2 Å². The third-order valence-corrected chi connectivity index (χ3v) is 8.62. The van der Waals surface area contributed by atoms with E-state index in [2.05, 4.69) is 4.18 Å². The Hall–Kier alpha value is -4.54. The second-order valence-electron chi connectivity index (χ2n) is 12.0. The second kappa shape index (κ2) is 13.1. The third-order valence-electron chi connectivity index (χ3n) is 7.40. The van der Waals surface area contributed by atoms with E-state index in [1.165, 1.54) is 11.0 Å². The predicted octanol–water partition coefficient (Wildman–Crippen LogP) is 8.10. The first-order valence-corrected chi connectivity index (χ1v) is 16.0. The van der Waals surface area contributed by atoms with Gasteiger partial charge in [-0.15, -0.1) is 0 Å². The molecule has 3 aromatic rings. The van der Waals surface area contributed by atoms with Crippen molar-refractivity contribution in [2.24, 2.45) is 0 Å². The van der Waals surface area contributed by atoms with Crippen LogP contribution in [0.15, 0.2) is 47.4 Å². The van der Waals surface area contributed by atoms with Crippen LogP contribution in [0.4, 0.5) is 39.9 Å². The van der Waals surface area contributed by atoms with Gasteiger partial charge in [0.15, 0.2) is 0 Å². The number of hydrogen-bond acceptors (Lipinski definition) is 7. The summed E-state index contributed by atoms with van der Waals surface area (Å²) in [5, 5.41) is 0. The molecule has 264 valence electrons. The van der Waals surface area contributed by atoms with Crippen molar-refractivity contribution >= 4 is 21.8 Å². The van der Waals surface area contributed by atoms with Crippen molar-refractivity contribution < 1.29 is 66.7 Å². The lowest BCUT2D eigenvalue weighted by Gasteiger charge is -2.31. The van der Waals surface area contributed by atoms with E-state index in [-0.39, 0.29) is 55.2 Å². The number of hydrogen-bond donors (Lipinski definition) is 0. The fraction of sp³-hybridized carbons (Fsp3) is 0.344. The van der Waals surface area contributed by atoms with Gasteiger partial charge in [0.1, 0.15) is 28.1 Å². The molecule has 1 unspecified atom stereocenters. The molecular formula is C32H27F8NO7S. The number of ether oxygens (including phenoxy) is 3. The molecule has 0 saturated carbocycles. The Kier molecular flexibility index (Phi) is 9.53. The molecule has 5 rings (SSSR count). The van der Waals surface area contributed by atoms with Gasteiger partial charge in [-0.05, 0) is 57.0 Å². The van der Waals surface area contributed by atoms with E-state index < -0.39 is 79.4 Å². The Morgan fingerprint density at radius 2 is 1.57 bits per heavy atom. The number of amides is 1. The number of fused-ring (bicyclic) bond motifs is 1. The molecule has 3 aromatic carbocycles. The smallest absolute Gasteiger partial charge is 0.416 e. The number of carbonyl (C=O) groups is 1. The summed E-state index contributed by atoms with van der Waals surface area (Å²) in [5.41, 5.74) is -0.873. The van der Waals surface area contributed by atoms with Crippen LogP contribution in [0.3, 0.4) is 0 Å². The Balaban J connectivity index is 1.43. The number of rotatable bonds is 6. The highest BCUT2D eigenvalue weighted by Crippen LogP contribution is 2.42. The molecule has 17 heteroatoms. The Labute approximate surface area is 274 Å². The molecule has 0 spiro atoms. The van der Waals surface area contributed by atoms with Gasteiger partial charge in [-0.1, -0.05) is 12.1 Å². The van der Waals surface area contributed by atoms with Gasteiger partial charge in [0.05, 0.1) is 12.2 Å². The zero-order valence-electron chi connectivity index (χ0n) is 25.9. The lowest BCUT2D eigenvalue weighted by atomic mass is 9.96. The standard InChI is InChI=1S/C32H27F8NO7S/c1-31(2,3)47-30(42)41-11-8-16(9-12-41)20-14-17(32(38,39)40)4-7-21(20)46-22-10-13-45-23-15-18(5-6-19(22)23)49(43,44)48-29-27(36)25(34)24(33)26(35)28(29)37/h4-8,14-15,22H,9-13H2,1-3H3. The molecule has 0 aliphatic carbocycles. The van der Waals surface area contributed by atoms with Gasteiger partial charge in [-0.3, -0.25) is 0 Å². The minimum Gasteiger partial charge on any atom is -0.493 e. The minimum atomic E-state index is -5.18. The summed E-state index contributed by atoms with van der Waals surface area (Å²) >= 11 is 0. The van der Waals surface area contributed by atoms with Crippen molar-refractivity contribution in [3.63, 3.8) is 0 Å². The zero-order valence-corrected chi connectivity index (χ0v) is 26.7. The first-order valence-electron chi connectivity index (χ1n) is 14.5. The van der Waals surface area contributed by atoms with Gasteiger partial charge in [-0.2, -0.15) is 30.4 Å². The summed E-state index contributed by atoms with van der Waals surface area (Å²) in [6.45, 7) is 5.25. The molecule has 2 heterocycles. The first-order chi connectivity index (χ1) is 22.8. The molecule has 8 nitrogen and oxygen atoms in total. The minimum absolute atomic E-state index is 0.0502. The quantitative estimate of drug-likeness (QED) is 0.110. The lowest BCUT2D eigenvalue weighted by Crippen LogP contribution is -2.39. The van der Waals surface area contributed by atoms with Crippen molar-refractivity contribution in [1.82, 2.24) is 4.90 Å². The van der Waals surface area contributed by atoms with Crippen molar-refractivity contribution in [2.45, 2.75) is 56.4 Å². The van der Waals surface area contributed by atoms with Gasteiger partial charge >= 0.3 is 22.4 Å². The van der Waals surface area contributed by atoms with E-state index in [0.717, 1.165) is 30.3 Å². The van der Waals surface area contributed by atoms with Crippen LogP contribution in [0.25, 0.3) is 5.57 Å². The molecule has 0 N–H and O–H groups in total. The van der Waals surface area contributed by atoms with Crippen LogP contribution in [-0.2, 0) is 21.0 Å². The molecule has 0 bridgehead atoms. The SMILES string of the molecule is CC(C)(C)OC(=O)N1CC=C(c2cc(C(F)(F)F)ccc2OC2CCOc3cc(S(=O)(=O)Oc4c(F)c(F)c(F)c(F)c4F)ccc32)CC1. The average molecular weight is 722 g/mol. The molecule has 1 amide bonds.